The van der Waals surface area contributed by atoms with E-state index in [1.54, 1.807) is 6.07 Å². The zero-order valence-electron chi connectivity index (χ0n) is 8.02. The molecular weight excluding hydrogens is 202 g/mol. The molecule has 4 nitrogen and oxygen atoms in total. The summed E-state index contributed by atoms with van der Waals surface area (Å²) >= 11 is 0. The van der Waals surface area contributed by atoms with Crippen molar-refractivity contribution in [3.8, 4) is 6.07 Å². The second-order valence-electron chi connectivity index (χ2n) is 3.75. The quantitative estimate of drug-likeness (QED) is 0.748. The van der Waals surface area contributed by atoms with Crippen molar-refractivity contribution in [2.24, 2.45) is 0 Å². The molecule has 0 spiro atoms. The van der Waals surface area contributed by atoms with E-state index in [0.29, 0.717) is 12.8 Å². The summed E-state index contributed by atoms with van der Waals surface area (Å²) in [7, 11) is -3.18. The number of nitrogens with zero attached hydrogens (tertiary/aromatic N) is 1. The van der Waals surface area contributed by atoms with Crippen molar-refractivity contribution >= 4 is 9.84 Å². The first-order valence-electron chi connectivity index (χ1n) is 4.83. The predicted molar refractivity (Wildman–Crippen MR) is 52.3 cm³/mol. The average Bonchev–Trinajstić information content (AvgIpc) is 2.54. The molecule has 1 fully saturated rings. The van der Waals surface area contributed by atoms with Gasteiger partial charge >= 0.3 is 0 Å². The highest BCUT2D eigenvalue weighted by Crippen LogP contribution is 2.25. The Morgan fingerprint density at radius 1 is 1.43 bits per heavy atom. The van der Waals surface area contributed by atoms with Gasteiger partial charge in [0.25, 0.3) is 0 Å². The number of hydrogen-bond acceptors (Lipinski definition) is 4. The molecule has 1 atom stereocenters. The molecule has 0 heterocycles. The molecule has 1 aliphatic rings. The molecule has 0 radical (unpaired) electrons. The van der Waals surface area contributed by atoms with Crippen LogP contribution in [0.5, 0.6) is 0 Å². The van der Waals surface area contributed by atoms with Crippen LogP contribution in [0.4, 0.5) is 0 Å². The van der Waals surface area contributed by atoms with E-state index in [1.165, 1.54) is 0 Å². The van der Waals surface area contributed by atoms with Gasteiger partial charge in [-0.05, 0) is 12.8 Å². The molecule has 1 unspecified atom stereocenters. The Labute approximate surface area is 84.5 Å². The summed E-state index contributed by atoms with van der Waals surface area (Å²) in [6.07, 6.45) is 2.21. The lowest BCUT2D eigenvalue weighted by Gasteiger charge is -2.12. The average molecular weight is 217 g/mol. The van der Waals surface area contributed by atoms with E-state index in [4.69, 9.17) is 5.26 Å². The minimum atomic E-state index is -3.18. The molecule has 1 aliphatic carbocycles. The summed E-state index contributed by atoms with van der Waals surface area (Å²) in [6.45, 7) is 0. The normalized spacial score (nSPS) is 20.6. The van der Waals surface area contributed by atoms with Crippen LogP contribution >= 0.6 is 0 Å². The van der Waals surface area contributed by atoms with Crippen molar-refractivity contribution in [1.82, 2.24) is 0 Å². The molecule has 5 heteroatoms. The zero-order chi connectivity index (χ0) is 10.6. The molecule has 0 aromatic heterocycles. The number of nitriles is 1. The Bertz CT molecular complexity index is 311. The Hall–Kier alpha value is -0.600. The molecule has 80 valence electrons. The fourth-order valence-corrected chi connectivity index (χ4v) is 3.79. The maximum Gasteiger partial charge on any atom is 0.155 e. The summed E-state index contributed by atoms with van der Waals surface area (Å²) in [4.78, 5) is 0. The van der Waals surface area contributed by atoms with E-state index >= 15 is 0 Å². The lowest BCUT2D eigenvalue weighted by atomic mass is 10.3. The van der Waals surface area contributed by atoms with Crippen molar-refractivity contribution < 1.29 is 13.5 Å². The molecule has 1 N–H and O–H groups in total. The van der Waals surface area contributed by atoms with Gasteiger partial charge in [0.15, 0.2) is 9.84 Å². The van der Waals surface area contributed by atoms with Crippen LogP contribution in [-0.4, -0.2) is 30.6 Å². The van der Waals surface area contributed by atoms with E-state index in [-0.39, 0.29) is 17.4 Å². The fourth-order valence-electron chi connectivity index (χ4n) is 1.82. The van der Waals surface area contributed by atoms with Gasteiger partial charge < -0.3 is 5.11 Å². The Morgan fingerprint density at radius 2 is 2.00 bits per heavy atom. The third kappa shape index (κ3) is 2.96. The smallest absolute Gasteiger partial charge is 0.155 e. The Kier molecular flexibility index (Phi) is 3.90. The maximum atomic E-state index is 11.6. The van der Waals surface area contributed by atoms with Gasteiger partial charge in [-0.3, -0.25) is 0 Å². The first kappa shape index (κ1) is 11.5. The zero-order valence-corrected chi connectivity index (χ0v) is 8.83. The van der Waals surface area contributed by atoms with E-state index in [9.17, 15) is 13.5 Å². The van der Waals surface area contributed by atoms with Crippen molar-refractivity contribution in [2.45, 2.75) is 43.5 Å². The summed E-state index contributed by atoms with van der Waals surface area (Å²) in [6, 6.07) is 1.77. The largest absolute Gasteiger partial charge is 0.391 e. The fraction of sp³-hybridized carbons (Fsp3) is 0.889. The summed E-state index contributed by atoms with van der Waals surface area (Å²) < 4.78 is 23.3. The second-order valence-corrected chi connectivity index (χ2v) is 6.08. The van der Waals surface area contributed by atoms with Crippen molar-refractivity contribution in [2.75, 3.05) is 5.75 Å². The summed E-state index contributed by atoms with van der Waals surface area (Å²) in [5.41, 5.74) is 0. The van der Waals surface area contributed by atoms with Gasteiger partial charge in [-0.25, -0.2) is 8.42 Å². The van der Waals surface area contributed by atoms with Crippen LogP contribution in [0.2, 0.25) is 0 Å². The third-order valence-corrected chi connectivity index (χ3v) is 4.90. The van der Waals surface area contributed by atoms with Crippen LogP contribution in [0, 0.1) is 11.3 Å². The molecule has 0 saturated heterocycles. The molecule has 1 rings (SSSR count). The minimum absolute atomic E-state index is 0.105. The van der Waals surface area contributed by atoms with Crippen molar-refractivity contribution in [1.29, 1.82) is 5.26 Å². The third-order valence-electron chi connectivity index (χ3n) is 2.56. The van der Waals surface area contributed by atoms with Gasteiger partial charge in [0.1, 0.15) is 0 Å². The second kappa shape index (κ2) is 4.76. The van der Waals surface area contributed by atoms with Crippen LogP contribution in [0.1, 0.15) is 32.1 Å². The summed E-state index contributed by atoms with van der Waals surface area (Å²) in [5.74, 6) is -0.259. The highest BCUT2D eigenvalue weighted by atomic mass is 32.2. The molecule has 0 amide bonds. The van der Waals surface area contributed by atoms with Crippen LogP contribution in [-0.2, 0) is 9.84 Å². The molecule has 0 aliphatic heterocycles. The standard InChI is InChI=1S/C9H15NO3S/c10-6-5-8(11)7-14(12,13)9-3-1-2-4-9/h8-9,11H,1-5,7H2. The van der Waals surface area contributed by atoms with E-state index in [1.807, 2.05) is 0 Å². The Morgan fingerprint density at radius 3 is 2.50 bits per heavy atom. The lowest BCUT2D eigenvalue weighted by Crippen LogP contribution is -2.28. The van der Waals surface area contributed by atoms with Crippen LogP contribution in [0.3, 0.4) is 0 Å². The molecule has 1 saturated carbocycles. The van der Waals surface area contributed by atoms with Crippen LogP contribution < -0.4 is 0 Å². The van der Waals surface area contributed by atoms with Crippen molar-refractivity contribution in [3.63, 3.8) is 0 Å². The summed E-state index contributed by atoms with van der Waals surface area (Å²) in [5, 5.41) is 17.3. The van der Waals surface area contributed by atoms with Gasteiger partial charge in [-0.1, -0.05) is 12.8 Å². The number of aliphatic hydroxyl groups excluding tert-OH is 1. The predicted octanol–water partition coefficient (Wildman–Crippen LogP) is 0.618. The molecule has 0 aromatic carbocycles. The molecular formula is C9H15NO3S. The molecule has 0 aromatic rings. The minimum Gasteiger partial charge on any atom is -0.391 e. The van der Waals surface area contributed by atoms with Crippen LogP contribution in [0.25, 0.3) is 0 Å². The number of rotatable bonds is 4. The van der Waals surface area contributed by atoms with Gasteiger partial charge in [-0.15, -0.1) is 0 Å². The number of aliphatic hydroxyl groups is 1. The number of sulfone groups is 1. The van der Waals surface area contributed by atoms with E-state index in [2.05, 4.69) is 0 Å². The van der Waals surface area contributed by atoms with E-state index in [0.717, 1.165) is 12.8 Å². The van der Waals surface area contributed by atoms with Gasteiger partial charge in [0.05, 0.1) is 29.6 Å². The van der Waals surface area contributed by atoms with Gasteiger partial charge in [-0.2, -0.15) is 5.26 Å². The topological polar surface area (TPSA) is 78.2 Å². The van der Waals surface area contributed by atoms with E-state index < -0.39 is 15.9 Å². The lowest BCUT2D eigenvalue weighted by molar-refractivity contribution is 0.202. The molecule has 14 heavy (non-hydrogen) atoms. The van der Waals surface area contributed by atoms with Gasteiger partial charge in [0.2, 0.25) is 0 Å². The number of hydrogen-bond donors (Lipinski definition) is 1. The first-order chi connectivity index (χ1) is 6.56. The molecule has 0 bridgehead atoms. The highest BCUT2D eigenvalue weighted by Gasteiger charge is 2.30. The highest BCUT2D eigenvalue weighted by molar-refractivity contribution is 7.92. The van der Waals surface area contributed by atoms with Crippen LogP contribution in [0.15, 0.2) is 0 Å². The van der Waals surface area contributed by atoms with Crippen molar-refractivity contribution in [3.05, 3.63) is 0 Å². The maximum absolute atomic E-state index is 11.6. The Balaban J connectivity index is 2.53. The first-order valence-corrected chi connectivity index (χ1v) is 6.54. The monoisotopic (exact) mass is 217 g/mol. The SMILES string of the molecule is N#CCC(O)CS(=O)(=O)C1CCCC1. The van der Waals surface area contributed by atoms with Gasteiger partial charge in [0, 0.05) is 0 Å².